The fourth-order valence-electron chi connectivity index (χ4n) is 2.69. The van der Waals surface area contributed by atoms with Crippen LogP contribution >= 0.6 is 11.6 Å². The van der Waals surface area contributed by atoms with E-state index in [1.54, 1.807) is 37.6 Å². The molecule has 2 aromatic carbocycles. The normalized spacial score (nSPS) is 11.8. The lowest BCUT2D eigenvalue weighted by Crippen LogP contribution is -2.31. The number of aryl methyl sites for hydroxylation is 1. The van der Waals surface area contributed by atoms with Crippen molar-refractivity contribution in [3.63, 3.8) is 0 Å². The van der Waals surface area contributed by atoms with Crippen LogP contribution in [-0.4, -0.2) is 22.6 Å². The zero-order valence-electron chi connectivity index (χ0n) is 13.9. The van der Waals surface area contributed by atoms with Crippen molar-refractivity contribution in [3.8, 4) is 5.75 Å². The highest BCUT2D eigenvalue weighted by atomic mass is 35.5. The van der Waals surface area contributed by atoms with E-state index in [-0.39, 0.29) is 5.91 Å². The molecule has 0 radical (unpaired) electrons. The van der Waals surface area contributed by atoms with Gasteiger partial charge in [-0.15, -0.1) is 0 Å². The van der Waals surface area contributed by atoms with Crippen LogP contribution in [0.15, 0.2) is 60.9 Å². The zero-order valence-corrected chi connectivity index (χ0v) is 14.7. The number of carbonyl (C=O) groups is 1. The minimum absolute atomic E-state index is 0.235. The van der Waals surface area contributed by atoms with Crippen LogP contribution < -0.4 is 10.1 Å². The number of carbonyl (C=O) groups excluding carboxylic acids is 1. The number of rotatable bonds is 5. The first-order valence-corrected chi connectivity index (χ1v) is 8.14. The number of hydrogen-bond acceptors (Lipinski definition) is 3. The number of nitrogens with one attached hydrogen (secondary N) is 1. The van der Waals surface area contributed by atoms with Crippen molar-refractivity contribution in [1.82, 2.24) is 14.9 Å². The van der Waals surface area contributed by atoms with Crippen LogP contribution in [0.1, 0.15) is 27.8 Å². The van der Waals surface area contributed by atoms with E-state index in [4.69, 9.17) is 16.3 Å². The van der Waals surface area contributed by atoms with Gasteiger partial charge in [0.05, 0.1) is 7.11 Å². The third kappa shape index (κ3) is 3.67. The van der Waals surface area contributed by atoms with Gasteiger partial charge >= 0.3 is 0 Å². The van der Waals surface area contributed by atoms with Gasteiger partial charge in [-0.2, -0.15) is 0 Å². The molecule has 0 saturated carbocycles. The molecule has 1 aromatic heterocycles. The number of imidazole rings is 1. The lowest BCUT2D eigenvalue weighted by molar-refractivity contribution is 0.0941. The second-order valence-corrected chi connectivity index (χ2v) is 5.99. The summed E-state index contributed by atoms with van der Waals surface area (Å²) in [5, 5.41) is 3.55. The first-order chi connectivity index (χ1) is 12.1. The van der Waals surface area contributed by atoms with E-state index in [9.17, 15) is 4.79 Å². The lowest BCUT2D eigenvalue weighted by Gasteiger charge is -2.21. The largest absolute Gasteiger partial charge is 0.496 e. The monoisotopic (exact) mass is 355 g/mol. The molecule has 3 aromatic rings. The van der Waals surface area contributed by atoms with Crippen LogP contribution in [0.25, 0.3) is 0 Å². The molecule has 5 nitrogen and oxygen atoms in total. The summed E-state index contributed by atoms with van der Waals surface area (Å²) < 4.78 is 7.33. The number of nitrogens with zero attached hydrogens (tertiary/aromatic N) is 2. The van der Waals surface area contributed by atoms with Crippen molar-refractivity contribution >= 4 is 17.5 Å². The standard InChI is InChI=1S/C19H18ClN3O2/c1-23-11-10-21-18(23)17(15-8-3-4-9-16(15)25-2)22-19(24)13-6-5-7-14(20)12-13/h3-12,17H,1-2H3,(H,22,24)/t17-/m0/s1. The van der Waals surface area contributed by atoms with Crippen molar-refractivity contribution < 1.29 is 9.53 Å². The number of aromatic nitrogens is 2. The van der Waals surface area contributed by atoms with E-state index in [1.165, 1.54) is 0 Å². The third-order valence-electron chi connectivity index (χ3n) is 3.93. The van der Waals surface area contributed by atoms with E-state index in [0.717, 1.165) is 5.56 Å². The molecule has 6 heteroatoms. The minimum Gasteiger partial charge on any atom is -0.496 e. The Morgan fingerprint density at radius 3 is 2.72 bits per heavy atom. The topological polar surface area (TPSA) is 56.1 Å². The Hall–Kier alpha value is -2.79. The van der Waals surface area contributed by atoms with Crippen LogP contribution in [0.4, 0.5) is 0 Å². The maximum atomic E-state index is 12.7. The molecule has 128 valence electrons. The van der Waals surface area contributed by atoms with Crippen molar-refractivity contribution in [2.24, 2.45) is 7.05 Å². The molecule has 0 saturated heterocycles. The van der Waals surface area contributed by atoms with Gasteiger partial charge in [0.25, 0.3) is 5.91 Å². The van der Waals surface area contributed by atoms with Crippen molar-refractivity contribution in [1.29, 1.82) is 0 Å². The number of amides is 1. The average Bonchev–Trinajstić information content (AvgIpc) is 3.05. The van der Waals surface area contributed by atoms with E-state index >= 15 is 0 Å². The number of methoxy groups -OCH3 is 1. The predicted octanol–water partition coefficient (Wildman–Crippen LogP) is 3.60. The maximum Gasteiger partial charge on any atom is 0.252 e. The van der Waals surface area contributed by atoms with Gasteiger partial charge < -0.3 is 14.6 Å². The molecule has 1 amide bonds. The number of para-hydroxylation sites is 1. The van der Waals surface area contributed by atoms with Crippen molar-refractivity contribution in [2.75, 3.05) is 7.11 Å². The van der Waals surface area contributed by atoms with Gasteiger partial charge in [-0.1, -0.05) is 35.9 Å². The predicted molar refractivity (Wildman–Crippen MR) is 97.0 cm³/mol. The van der Waals surface area contributed by atoms with E-state index in [2.05, 4.69) is 10.3 Å². The lowest BCUT2D eigenvalue weighted by atomic mass is 10.0. The molecule has 0 unspecified atom stereocenters. The Morgan fingerprint density at radius 1 is 1.24 bits per heavy atom. The molecule has 0 aliphatic heterocycles. The zero-order chi connectivity index (χ0) is 17.8. The summed E-state index contributed by atoms with van der Waals surface area (Å²) in [6, 6.07) is 13.9. The van der Waals surface area contributed by atoms with E-state index in [0.29, 0.717) is 22.2 Å². The molecule has 0 spiro atoms. The Labute approximate surface area is 151 Å². The SMILES string of the molecule is COc1ccccc1[C@H](NC(=O)c1cccc(Cl)c1)c1nccn1C. The average molecular weight is 356 g/mol. The van der Waals surface area contributed by atoms with Gasteiger partial charge in [0.2, 0.25) is 0 Å². The minimum atomic E-state index is -0.456. The summed E-state index contributed by atoms with van der Waals surface area (Å²) in [6.07, 6.45) is 3.53. The van der Waals surface area contributed by atoms with Gasteiger partial charge in [-0.3, -0.25) is 4.79 Å². The molecule has 0 aliphatic rings. The molecule has 1 atom stereocenters. The number of halogens is 1. The summed E-state index contributed by atoms with van der Waals surface area (Å²) >= 11 is 6.00. The first-order valence-electron chi connectivity index (χ1n) is 7.76. The summed E-state index contributed by atoms with van der Waals surface area (Å²) in [6.45, 7) is 0. The van der Waals surface area contributed by atoms with Gasteiger partial charge in [0, 0.05) is 35.6 Å². The summed E-state index contributed by atoms with van der Waals surface area (Å²) in [5.41, 5.74) is 1.32. The van der Waals surface area contributed by atoms with E-state index in [1.807, 2.05) is 42.1 Å². The second kappa shape index (κ2) is 7.40. The van der Waals surface area contributed by atoms with Crippen LogP contribution in [0, 0.1) is 0 Å². The Balaban J connectivity index is 2.00. The molecular formula is C19H18ClN3O2. The Bertz CT molecular complexity index is 892. The number of ether oxygens (including phenoxy) is 1. The highest BCUT2D eigenvalue weighted by Gasteiger charge is 2.24. The highest BCUT2D eigenvalue weighted by molar-refractivity contribution is 6.30. The third-order valence-corrected chi connectivity index (χ3v) is 4.16. The quantitative estimate of drug-likeness (QED) is 0.760. The van der Waals surface area contributed by atoms with Gasteiger partial charge in [-0.05, 0) is 24.3 Å². The van der Waals surface area contributed by atoms with Gasteiger partial charge in [0.1, 0.15) is 17.6 Å². The molecule has 0 fully saturated rings. The summed E-state index contributed by atoms with van der Waals surface area (Å²) in [4.78, 5) is 17.1. The number of hydrogen-bond donors (Lipinski definition) is 1. The van der Waals surface area contributed by atoms with Gasteiger partial charge in [0.15, 0.2) is 0 Å². The Morgan fingerprint density at radius 2 is 2.04 bits per heavy atom. The summed E-state index contributed by atoms with van der Waals surface area (Å²) in [5.74, 6) is 1.16. The molecule has 0 bridgehead atoms. The van der Waals surface area contributed by atoms with Gasteiger partial charge in [-0.25, -0.2) is 4.98 Å². The van der Waals surface area contributed by atoms with Crippen LogP contribution in [0.3, 0.4) is 0 Å². The van der Waals surface area contributed by atoms with E-state index < -0.39 is 6.04 Å². The number of benzene rings is 2. The highest BCUT2D eigenvalue weighted by Crippen LogP contribution is 2.29. The molecular weight excluding hydrogens is 338 g/mol. The first kappa shape index (κ1) is 17.0. The molecule has 3 rings (SSSR count). The molecule has 0 aliphatic carbocycles. The second-order valence-electron chi connectivity index (χ2n) is 5.56. The fraction of sp³-hybridized carbons (Fsp3) is 0.158. The van der Waals surface area contributed by atoms with Crippen LogP contribution in [0.5, 0.6) is 5.75 Å². The summed E-state index contributed by atoms with van der Waals surface area (Å²) in [7, 11) is 3.49. The van der Waals surface area contributed by atoms with Crippen LogP contribution in [0.2, 0.25) is 5.02 Å². The van der Waals surface area contributed by atoms with Crippen molar-refractivity contribution in [2.45, 2.75) is 6.04 Å². The van der Waals surface area contributed by atoms with Crippen LogP contribution in [-0.2, 0) is 7.05 Å². The fourth-order valence-corrected chi connectivity index (χ4v) is 2.88. The molecule has 25 heavy (non-hydrogen) atoms. The molecule has 1 heterocycles. The molecule has 1 N–H and O–H groups in total. The van der Waals surface area contributed by atoms with Crippen molar-refractivity contribution in [3.05, 3.63) is 82.9 Å². The Kier molecular flexibility index (Phi) is 5.05. The maximum absolute atomic E-state index is 12.7. The smallest absolute Gasteiger partial charge is 0.252 e.